The number of aliphatic hydroxyl groups is 1. The Bertz CT molecular complexity index is 379. The van der Waals surface area contributed by atoms with Crippen molar-refractivity contribution in [2.45, 2.75) is 240 Å². The average molecular weight is 723 g/mol. The van der Waals surface area contributed by atoms with Gasteiger partial charge in [-0.25, -0.2) is 0 Å². The number of hydrogen-bond acceptors (Lipinski definition) is 1. The first-order chi connectivity index (χ1) is 22.2. The van der Waals surface area contributed by atoms with Crippen LogP contribution >= 0.6 is 0 Å². The quantitative estimate of drug-likeness (QED) is 0.0508. The van der Waals surface area contributed by atoms with E-state index >= 15 is 0 Å². The van der Waals surface area contributed by atoms with Crippen molar-refractivity contribution in [3.05, 3.63) is 10.6 Å². The fraction of sp³-hybridized carbons (Fsp3) is 1.00. The van der Waals surface area contributed by atoms with Gasteiger partial charge in [-0.15, -0.1) is 26.2 Å². The summed E-state index contributed by atoms with van der Waals surface area (Å²) in [4.78, 5) is 0. The van der Waals surface area contributed by atoms with Crippen LogP contribution in [0, 0.1) is 0 Å². The number of halogens is 1. The first-order valence-corrected chi connectivity index (χ1v) is 21.1. The molecular weight excluding hydrogens is 632 g/mol. The van der Waals surface area contributed by atoms with Gasteiger partial charge in [-0.1, -0.05) is 234 Å². The monoisotopic (exact) mass is 722 g/mol. The molecular formula is C42H90ClN2OTi. The van der Waals surface area contributed by atoms with Gasteiger partial charge in [-0.3, -0.25) is 0 Å². The molecule has 0 aromatic heterocycles. The molecule has 1 radical (unpaired) electrons. The maximum absolute atomic E-state index is 8.51. The zero-order chi connectivity index (χ0) is 33.6. The molecule has 0 atom stereocenters. The molecule has 0 aromatic carbocycles. The summed E-state index contributed by atoms with van der Waals surface area (Å²) in [6, 6.07) is 0. The summed E-state index contributed by atoms with van der Waals surface area (Å²) in [6.45, 7) is 16.2. The van der Waals surface area contributed by atoms with Gasteiger partial charge in [-0.05, 0) is 6.42 Å². The van der Waals surface area contributed by atoms with E-state index in [-0.39, 0.29) is 34.1 Å². The van der Waals surface area contributed by atoms with Gasteiger partial charge in [0.1, 0.15) is 0 Å². The SMILES string of the molecule is CCCCCCCCCCO.CCCCCCCC[N-]CCCCCCCC.CCCCCCCC[N-]CCCCCCCC.[Cl-].[Ti+3]. The summed E-state index contributed by atoms with van der Waals surface area (Å²) in [5, 5.41) is 17.7. The topological polar surface area (TPSA) is 48.4 Å². The van der Waals surface area contributed by atoms with Crippen LogP contribution in [0.1, 0.15) is 240 Å². The van der Waals surface area contributed by atoms with Crippen molar-refractivity contribution in [2.75, 3.05) is 32.8 Å². The van der Waals surface area contributed by atoms with Gasteiger partial charge >= 0.3 is 21.7 Å². The summed E-state index contributed by atoms with van der Waals surface area (Å²) in [7, 11) is 0. The normalized spacial score (nSPS) is 10.3. The Morgan fingerprint density at radius 3 is 0.638 bits per heavy atom. The van der Waals surface area contributed by atoms with Gasteiger partial charge in [0.25, 0.3) is 0 Å². The van der Waals surface area contributed by atoms with Crippen LogP contribution in [0.2, 0.25) is 0 Å². The van der Waals surface area contributed by atoms with Crippen molar-refractivity contribution in [3.8, 4) is 0 Å². The average Bonchev–Trinajstić information content (AvgIpc) is 3.06. The minimum atomic E-state index is 0. The van der Waals surface area contributed by atoms with Crippen molar-refractivity contribution >= 4 is 0 Å². The molecule has 0 aliphatic rings. The third-order valence-corrected chi connectivity index (χ3v) is 8.69. The molecule has 1 N–H and O–H groups in total. The van der Waals surface area contributed by atoms with E-state index in [0.29, 0.717) is 6.61 Å². The maximum atomic E-state index is 8.51. The van der Waals surface area contributed by atoms with Crippen LogP contribution in [-0.4, -0.2) is 37.9 Å². The molecule has 0 unspecified atom stereocenters. The summed E-state index contributed by atoms with van der Waals surface area (Å²) in [6.07, 6.45) is 43.6. The Morgan fingerprint density at radius 1 is 0.277 bits per heavy atom. The minimum Gasteiger partial charge on any atom is -1.00 e. The number of rotatable bonds is 36. The zero-order valence-electron chi connectivity index (χ0n) is 33.4. The molecule has 0 aromatic rings. The fourth-order valence-corrected chi connectivity index (χ4v) is 5.49. The van der Waals surface area contributed by atoms with Crippen LogP contribution < -0.4 is 12.4 Å². The third kappa shape index (κ3) is 69.4. The van der Waals surface area contributed by atoms with Crippen LogP contribution in [0.4, 0.5) is 0 Å². The van der Waals surface area contributed by atoms with Gasteiger partial charge in [0.05, 0.1) is 0 Å². The number of hydrogen-bond donors (Lipinski definition) is 1. The first-order valence-electron chi connectivity index (χ1n) is 21.1. The summed E-state index contributed by atoms with van der Waals surface area (Å²) in [5.41, 5.74) is 0. The molecule has 0 saturated carbocycles. The molecule has 285 valence electrons. The predicted molar refractivity (Wildman–Crippen MR) is 209 cm³/mol. The van der Waals surface area contributed by atoms with E-state index in [1.165, 1.54) is 199 Å². The van der Waals surface area contributed by atoms with Crippen LogP contribution in [0.15, 0.2) is 0 Å². The molecule has 0 aliphatic heterocycles. The summed E-state index contributed by atoms with van der Waals surface area (Å²) < 4.78 is 0. The molecule has 0 amide bonds. The molecule has 0 fully saturated rings. The van der Waals surface area contributed by atoms with E-state index < -0.39 is 0 Å². The van der Waals surface area contributed by atoms with E-state index in [1.807, 2.05) is 0 Å². The van der Waals surface area contributed by atoms with Crippen molar-refractivity contribution < 1.29 is 39.2 Å². The Morgan fingerprint density at radius 2 is 0.447 bits per heavy atom. The molecule has 0 rings (SSSR count). The Hall–Kier alpha value is 0.884. The van der Waals surface area contributed by atoms with Gasteiger partial charge in [0.2, 0.25) is 0 Å². The van der Waals surface area contributed by atoms with Crippen molar-refractivity contribution in [1.82, 2.24) is 0 Å². The smallest absolute Gasteiger partial charge is 1.00 e. The third-order valence-electron chi connectivity index (χ3n) is 8.69. The van der Waals surface area contributed by atoms with E-state index in [4.69, 9.17) is 5.11 Å². The van der Waals surface area contributed by atoms with Crippen LogP contribution in [-0.2, 0) is 21.7 Å². The summed E-state index contributed by atoms with van der Waals surface area (Å²) in [5.74, 6) is 0. The Balaban J connectivity index is -0.000000188. The Kier molecular flexibility index (Phi) is 75.6. The maximum Gasteiger partial charge on any atom is 3.00 e. The van der Waals surface area contributed by atoms with Gasteiger partial charge in [0, 0.05) is 6.61 Å². The zero-order valence-corrected chi connectivity index (χ0v) is 35.7. The van der Waals surface area contributed by atoms with Gasteiger partial charge in [-0.2, -0.15) is 0 Å². The second-order valence-electron chi connectivity index (χ2n) is 13.6. The summed E-state index contributed by atoms with van der Waals surface area (Å²) >= 11 is 0. The van der Waals surface area contributed by atoms with E-state index in [9.17, 15) is 0 Å². The Labute approximate surface area is 321 Å². The number of aliphatic hydroxyl groups excluding tert-OH is 1. The minimum absolute atomic E-state index is 0. The standard InChI is InChI=1S/2C16H34N.C10H22O.ClH.Ti/c2*1-3-5-7-9-11-13-15-17-16-14-12-10-8-6-4-2;1-2-3-4-5-6-7-8-9-10-11;;/h2*3-16H2,1-2H3;11H,2-10H2,1H3;1H;/q2*-1;;;+3/p-1. The van der Waals surface area contributed by atoms with Crippen molar-refractivity contribution in [1.29, 1.82) is 0 Å². The molecule has 5 heteroatoms. The van der Waals surface area contributed by atoms with Crippen LogP contribution in [0.25, 0.3) is 10.6 Å². The molecule has 0 heterocycles. The van der Waals surface area contributed by atoms with Gasteiger partial charge in [0.15, 0.2) is 0 Å². The molecule has 0 bridgehead atoms. The molecule has 0 spiro atoms. The molecule has 47 heavy (non-hydrogen) atoms. The largest absolute Gasteiger partial charge is 3.00 e. The van der Waals surface area contributed by atoms with Crippen LogP contribution in [0.3, 0.4) is 0 Å². The van der Waals surface area contributed by atoms with E-state index in [0.717, 1.165) is 32.6 Å². The fourth-order valence-electron chi connectivity index (χ4n) is 5.49. The van der Waals surface area contributed by atoms with Crippen molar-refractivity contribution in [3.63, 3.8) is 0 Å². The van der Waals surface area contributed by atoms with Crippen LogP contribution in [0.5, 0.6) is 0 Å². The number of nitrogens with zero attached hydrogens (tertiary/aromatic N) is 2. The molecule has 0 aliphatic carbocycles. The van der Waals surface area contributed by atoms with E-state index in [2.05, 4.69) is 45.3 Å². The molecule has 0 saturated heterocycles. The van der Waals surface area contributed by atoms with E-state index in [1.54, 1.807) is 0 Å². The van der Waals surface area contributed by atoms with Gasteiger partial charge < -0.3 is 28.1 Å². The number of unbranched alkanes of at least 4 members (excludes halogenated alkanes) is 27. The predicted octanol–water partition coefficient (Wildman–Crippen LogP) is 12.3. The first kappa shape index (κ1) is 57.2. The second kappa shape index (κ2) is 62.1. The van der Waals surface area contributed by atoms with Crippen molar-refractivity contribution in [2.24, 2.45) is 0 Å². The molecule has 3 nitrogen and oxygen atoms in total. The second-order valence-corrected chi connectivity index (χ2v) is 13.6.